The van der Waals surface area contributed by atoms with Gasteiger partial charge in [0.05, 0.1) is 5.54 Å². The number of aldehydes is 1. The maximum atomic E-state index is 11.9. The average Bonchev–Trinajstić information content (AvgIpc) is 2.31. The lowest BCUT2D eigenvalue weighted by Crippen LogP contribution is -2.50. The third kappa shape index (κ3) is 3.48. The molecule has 6 heteroatoms. The first-order chi connectivity index (χ1) is 7.61. The van der Waals surface area contributed by atoms with Crippen molar-refractivity contribution in [2.45, 2.75) is 31.7 Å². The van der Waals surface area contributed by atoms with Gasteiger partial charge in [-0.2, -0.15) is 0 Å². The number of hydrogen-bond donors (Lipinski definition) is 0. The number of carbonyl (C=O) groups is 2. The molecule has 0 aliphatic carbocycles. The number of hydrogen-bond acceptors (Lipinski definition) is 5. The largest absolute Gasteiger partial charge is 0.511 e. The van der Waals surface area contributed by atoms with Crippen LogP contribution < -0.4 is 0 Å². The molecule has 0 radical (unpaired) electrons. The summed E-state index contributed by atoms with van der Waals surface area (Å²) in [5.41, 5.74) is -0.593. The van der Waals surface area contributed by atoms with Gasteiger partial charge in [-0.05, 0) is 6.42 Å². The molecule has 1 atom stereocenters. The normalized spacial score (nSPS) is 13.5. The van der Waals surface area contributed by atoms with Crippen LogP contribution in [-0.2, 0) is 22.9 Å². The van der Waals surface area contributed by atoms with Crippen LogP contribution in [-0.4, -0.2) is 42.2 Å². The Labute approximate surface area is 97.4 Å². The molecule has 0 aromatic rings. The predicted molar refractivity (Wildman–Crippen MR) is 61.1 cm³/mol. The fourth-order valence-corrected chi connectivity index (χ4v) is 3.94. The van der Waals surface area contributed by atoms with Crippen molar-refractivity contribution in [2.75, 3.05) is 21.3 Å². The Morgan fingerprint density at radius 2 is 1.75 bits per heavy atom. The zero-order chi connectivity index (χ0) is 12.6. The molecule has 0 fully saturated rings. The van der Waals surface area contributed by atoms with Crippen molar-refractivity contribution in [1.82, 2.24) is 0 Å². The van der Waals surface area contributed by atoms with Gasteiger partial charge in [0.1, 0.15) is 12.1 Å². The Bertz CT molecular complexity index is 219. The molecule has 0 spiro atoms. The van der Waals surface area contributed by atoms with Crippen LogP contribution in [0.5, 0.6) is 0 Å². The standard InChI is InChI=1S/C10H20O5Si/c1-5-6-9(12)10(7-8-11)16(13-2,14-3)15-4/h8,10H,5-7H2,1-4H3. The Hall–Kier alpha value is -0.563. The van der Waals surface area contributed by atoms with E-state index < -0.39 is 14.3 Å². The molecule has 94 valence electrons. The highest BCUT2D eigenvalue weighted by Gasteiger charge is 2.50. The summed E-state index contributed by atoms with van der Waals surface area (Å²) in [5.74, 6) is -0.0354. The molecule has 1 unspecified atom stereocenters. The van der Waals surface area contributed by atoms with Crippen molar-refractivity contribution < 1.29 is 22.9 Å². The minimum atomic E-state index is -3.05. The van der Waals surface area contributed by atoms with E-state index in [9.17, 15) is 9.59 Å². The van der Waals surface area contributed by atoms with Crippen LogP contribution in [0, 0.1) is 0 Å². The number of rotatable bonds is 9. The van der Waals surface area contributed by atoms with Crippen LogP contribution >= 0.6 is 0 Å². The molecule has 5 nitrogen and oxygen atoms in total. The first kappa shape index (κ1) is 15.4. The smallest absolute Gasteiger partial charge is 0.376 e. The van der Waals surface area contributed by atoms with Crippen molar-refractivity contribution in [3.63, 3.8) is 0 Å². The molecule has 0 aliphatic rings. The maximum absolute atomic E-state index is 11.9. The van der Waals surface area contributed by atoms with Crippen molar-refractivity contribution in [2.24, 2.45) is 0 Å². The number of carbonyl (C=O) groups excluding carboxylic acids is 2. The van der Waals surface area contributed by atoms with Crippen LogP contribution in [0.15, 0.2) is 0 Å². The SMILES string of the molecule is CCCC(=O)C(CC=O)[Si](OC)(OC)OC. The summed E-state index contributed by atoms with van der Waals surface area (Å²) in [7, 11) is 1.27. The topological polar surface area (TPSA) is 61.8 Å². The Balaban J connectivity index is 4.97. The van der Waals surface area contributed by atoms with Crippen LogP contribution in [0.2, 0.25) is 5.54 Å². The van der Waals surface area contributed by atoms with Crippen molar-refractivity contribution in [3.8, 4) is 0 Å². The van der Waals surface area contributed by atoms with Crippen LogP contribution in [0.4, 0.5) is 0 Å². The molecule has 16 heavy (non-hydrogen) atoms. The van der Waals surface area contributed by atoms with E-state index in [1.165, 1.54) is 21.3 Å². The molecule has 0 aromatic heterocycles. The maximum Gasteiger partial charge on any atom is 0.511 e. The molecule has 0 rings (SSSR count). The van der Waals surface area contributed by atoms with Gasteiger partial charge in [0.25, 0.3) is 0 Å². The van der Waals surface area contributed by atoms with Crippen LogP contribution in [0.25, 0.3) is 0 Å². The molecular weight excluding hydrogens is 228 g/mol. The monoisotopic (exact) mass is 248 g/mol. The van der Waals surface area contributed by atoms with E-state index in [1.54, 1.807) is 0 Å². The van der Waals surface area contributed by atoms with Crippen molar-refractivity contribution >= 4 is 20.9 Å². The van der Waals surface area contributed by atoms with E-state index in [-0.39, 0.29) is 12.2 Å². The lowest BCUT2D eigenvalue weighted by atomic mass is 10.1. The highest BCUT2D eigenvalue weighted by Crippen LogP contribution is 2.29. The van der Waals surface area contributed by atoms with Gasteiger partial charge in [-0.25, -0.2) is 0 Å². The third-order valence-corrected chi connectivity index (χ3v) is 5.62. The predicted octanol–water partition coefficient (Wildman–Crippen LogP) is 1.19. The third-order valence-electron chi connectivity index (χ3n) is 2.50. The molecule has 0 saturated heterocycles. The van der Waals surface area contributed by atoms with E-state index >= 15 is 0 Å². The number of ketones is 1. The van der Waals surface area contributed by atoms with E-state index in [4.69, 9.17) is 13.3 Å². The van der Waals surface area contributed by atoms with Gasteiger partial charge in [0.2, 0.25) is 0 Å². The first-order valence-corrected chi connectivity index (χ1v) is 7.03. The van der Waals surface area contributed by atoms with Gasteiger partial charge in [-0.3, -0.25) is 4.79 Å². The van der Waals surface area contributed by atoms with Gasteiger partial charge in [-0.1, -0.05) is 6.92 Å². The van der Waals surface area contributed by atoms with E-state index in [2.05, 4.69) is 0 Å². The molecule has 0 heterocycles. The minimum absolute atomic E-state index is 0.0354. The number of Topliss-reactive ketones (excluding diaryl/α,β-unsaturated/α-hetero) is 1. The zero-order valence-electron chi connectivity index (χ0n) is 10.3. The van der Waals surface area contributed by atoms with Gasteiger partial charge in [0, 0.05) is 34.2 Å². The molecule has 0 aliphatic heterocycles. The van der Waals surface area contributed by atoms with Crippen LogP contribution in [0.3, 0.4) is 0 Å². The fourth-order valence-electron chi connectivity index (χ4n) is 1.67. The summed E-state index contributed by atoms with van der Waals surface area (Å²) in [6.07, 6.45) is 1.93. The fraction of sp³-hybridized carbons (Fsp3) is 0.800. The van der Waals surface area contributed by atoms with E-state index in [1.807, 2.05) is 6.92 Å². The average molecular weight is 248 g/mol. The highest BCUT2D eigenvalue weighted by atomic mass is 28.4. The Morgan fingerprint density at radius 3 is 2.06 bits per heavy atom. The van der Waals surface area contributed by atoms with Gasteiger partial charge < -0.3 is 18.1 Å². The summed E-state index contributed by atoms with van der Waals surface area (Å²) < 4.78 is 15.7. The second-order valence-corrected chi connectivity index (χ2v) is 6.52. The second-order valence-electron chi connectivity index (χ2n) is 3.39. The lowest BCUT2D eigenvalue weighted by molar-refractivity contribution is -0.122. The van der Waals surface area contributed by atoms with E-state index in [0.29, 0.717) is 12.7 Å². The summed E-state index contributed by atoms with van der Waals surface area (Å²) in [5, 5.41) is 0. The zero-order valence-corrected chi connectivity index (χ0v) is 11.3. The van der Waals surface area contributed by atoms with E-state index in [0.717, 1.165) is 6.42 Å². The van der Waals surface area contributed by atoms with Crippen molar-refractivity contribution in [3.05, 3.63) is 0 Å². The van der Waals surface area contributed by atoms with Crippen LogP contribution in [0.1, 0.15) is 26.2 Å². The summed E-state index contributed by atoms with van der Waals surface area (Å²) in [4.78, 5) is 22.5. The molecule has 0 aromatic carbocycles. The molecule has 0 amide bonds. The molecular formula is C10H20O5Si. The highest BCUT2D eigenvalue weighted by molar-refractivity contribution is 6.66. The second kappa shape index (κ2) is 7.67. The summed E-state index contributed by atoms with van der Waals surface area (Å²) >= 11 is 0. The molecule has 0 N–H and O–H groups in total. The molecule has 0 bridgehead atoms. The van der Waals surface area contributed by atoms with Gasteiger partial charge in [0.15, 0.2) is 0 Å². The van der Waals surface area contributed by atoms with Crippen molar-refractivity contribution in [1.29, 1.82) is 0 Å². The first-order valence-electron chi connectivity index (χ1n) is 5.23. The summed E-state index contributed by atoms with van der Waals surface area (Å²) in [6, 6.07) is 0. The minimum Gasteiger partial charge on any atom is -0.376 e. The van der Waals surface area contributed by atoms with Gasteiger partial charge in [-0.15, -0.1) is 0 Å². The van der Waals surface area contributed by atoms with Gasteiger partial charge >= 0.3 is 8.80 Å². The quantitative estimate of drug-likeness (QED) is 0.453. The Kier molecular flexibility index (Phi) is 7.40. The summed E-state index contributed by atoms with van der Waals surface area (Å²) in [6.45, 7) is 1.91. The Morgan fingerprint density at radius 1 is 1.25 bits per heavy atom. The molecule has 0 saturated carbocycles. The lowest BCUT2D eigenvalue weighted by Gasteiger charge is -2.30.